The van der Waals surface area contributed by atoms with Gasteiger partial charge in [-0.2, -0.15) is 26.6 Å². The Bertz CT molecular complexity index is 1590. The van der Waals surface area contributed by atoms with Crippen LogP contribution in [0.25, 0.3) is 0 Å². The molecule has 1 amide bonds. The Hall–Kier alpha value is -4.14. The first-order valence-electron chi connectivity index (χ1n) is 13.4. The van der Waals surface area contributed by atoms with Crippen molar-refractivity contribution >= 4 is 34.9 Å². The number of nitrogens with one attached hydrogen (secondary N) is 1. The molecular weight excluding hydrogens is 617 g/mol. The third kappa shape index (κ3) is 7.49. The molecule has 44 heavy (non-hydrogen) atoms. The molecule has 9 nitrogen and oxygen atoms in total. The van der Waals surface area contributed by atoms with Gasteiger partial charge in [-0.1, -0.05) is 112 Å². The SMILES string of the molecule is CC(C)(C)[Si](OCC(NC(=O)OCc1ccccc1)c1nc(OS(=O)(=O)C(F)(F)F)co1)(c1ccccc1)c1ccccc1. The van der Waals surface area contributed by atoms with Gasteiger partial charge in [-0.3, -0.25) is 0 Å². The van der Waals surface area contributed by atoms with Gasteiger partial charge in [-0.05, 0) is 21.0 Å². The maximum Gasteiger partial charge on any atom is 0.534 e. The Labute approximate surface area is 254 Å². The number of ether oxygens (including phenoxy) is 1. The van der Waals surface area contributed by atoms with Crippen molar-refractivity contribution in [2.75, 3.05) is 6.61 Å². The largest absolute Gasteiger partial charge is 0.534 e. The van der Waals surface area contributed by atoms with Crippen LogP contribution < -0.4 is 19.9 Å². The van der Waals surface area contributed by atoms with Crippen LogP contribution in [0.1, 0.15) is 38.3 Å². The third-order valence-corrected chi connectivity index (χ3v) is 12.6. The summed E-state index contributed by atoms with van der Waals surface area (Å²) in [6, 6.07) is 26.8. The predicted molar refractivity (Wildman–Crippen MR) is 158 cm³/mol. The molecule has 0 fully saturated rings. The Morgan fingerprint density at radius 1 is 0.909 bits per heavy atom. The number of carbonyl (C=O) groups excluding carboxylic acids is 1. The second-order valence-electron chi connectivity index (χ2n) is 10.7. The molecule has 0 aliphatic heterocycles. The molecular formula is C30H31F3N2O7SSi. The Balaban J connectivity index is 1.68. The zero-order valence-electron chi connectivity index (χ0n) is 24.1. The summed E-state index contributed by atoms with van der Waals surface area (Å²) in [5, 5.41) is 3.99. The average molecular weight is 649 g/mol. The highest BCUT2D eigenvalue weighted by molar-refractivity contribution is 7.87. The molecule has 1 atom stereocenters. The lowest BCUT2D eigenvalue weighted by Gasteiger charge is -2.43. The van der Waals surface area contributed by atoms with Gasteiger partial charge in [0, 0.05) is 0 Å². The quantitative estimate of drug-likeness (QED) is 0.130. The highest BCUT2D eigenvalue weighted by atomic mass is 32.2. The second-order valence-corrected chi connectivity index (χ2v) is 16.6. The number of alkyl halides is 3. The van der Waals surface area contributed by atoms with E-state index in [9.17, 15) is 26.4 Å². The molecule has 0 saturated carbocycles. The van der Waals surface area contributed by atoms with E-state index in [1.165, 1.54) is 0 Å². The van der Waals surface area contributed by atoms with E-state index in [0.717, 1.165) is 10.4 Å². The van der Waals surface area contributed by atoms with Crippen LogP contribution in [0.4, 0.5) is 18.0 Å². The molecule has 1 heterocycles. The van der Waals surface area contributed by atoms with E-state index >= 15 is 0 Å². The summed E-state index contributed by atoms with van der Waals surface area (Å²) in [5.41, 5.74) is -4.97. The van der Waals surface area contributed by atoms with Gasteiger partial charge < -0.3 is 23.1 Å². The van der Waals surface area contributed by atoms with Crippen LogP contribution in [-0.2, 0) is 25.9 Å². The first-order valence-corrected chi connectivity index (χ1v) is 16.7. The number of carbonyl (C=O) groups is 1. The molecule has 0 spiro atoms. The molecule has 1 N–H and O–H groups in total. The summed E-state index contributed by atoms with van der Waals surface area (Å²) < 4.78 is 83.4. The second kappa shape index (κ2) is 13.2. The molecule has 14 heteroatoms. The number of oxazole rings is 1. The Kier molecular flexibility index (Phi) is 9.86. The molecule has 234 valence electrons. The Morgan fingerprint density at radius 3 is 1.93 bits per heavy atom. The van der Waals surface area contributed by atoms with E-state index < -0.39 is 47.0 Å². The molecule has 0 aliphatic carbocycles. The van der Waals surface area contributed by atoms with Crippen molar-refractivity contribution in [2.45, 2.75) is 44.0 Å². The number of alkyl carbamates (subject to hydrolysis) is 1. The highest BCUT2D eigenvalue weighted by Gasteiger charge is 2.51. The van der Waals surface area contributed by atoms with Gasteiger partial charge in [0.25, 0.3) is 14.2 Å². The smallest absolute Gasteiger partial charge is 0.445 e. The normalized spacial score (nSPS) is 13.2. The van der Waals surface area contributed by atoms with Crippen molar-refractivity contribution in [3.05, 3.63) is 109 Å². The summed E-state index contributed by atoms with van der Waals surface area (Å²) in [5.74, 6) is -1.32. The van der Waals surface area contributed by atoms with E-state index in [1.54, 1.807) is 24.3 Å². The van der Waals surface area contributed by atoms with Crippen LogP contribution in [0, 0.1) is 0 Å². The lowest BCUT2D eigenvalue weighted by Crippen LogP contribution is -2.67. The van der Waals surface area contributed by atoms with Crippen LogP contribution in [0.2, 0.25) is 5.04 Å². The topological polar surface area (TPSA) is 117 Å². The van der Waals surface area contributed by atoms with Crippen molar-refractivity contribution in [3.8, 4) is 5.88 Å². The van der Waals surface area contributed by atoms with E-state index in [-0.39, 0.29) is 19.1 Å². The summed E-state index contributed by atoms with van der Waals surface area (Å²) in [4.78, 5) is 16.7. The molecule has 0 bridgehead atoms. The minimum absolute atomic E-state index is 0.0707. The van der Waals surface area contributed by atoms with Gasteiger partial charge in [0.05, 0.1) is 6.61 Å². The predicted octanol–water partition coefficient (Wildman–Crippen LogP) is 5.45. The minimum atomic E-state index is -6.01. The summed E-state index contributed by atoms with van der Waals surface area (Å²) >= 11 is 0. The standard InChI is InChI=1S/C30H31F3N2O7SSi/c1-29(2,3)44(23-15-9-5-10-16-23,24-17-11-6-12-18-24)41-20-25(34-28(36)40-19-22-13-7-4-8-14-22)27-35-26(21-39-27)42-43(37,38)30(31,32)33/h4-18,21,25H,19-20H2,1-3H3,(H,34,36). The number of hydrogen-bond acceptors (Lipinski definition) is 8. The molecule has 0 radical (unpaired) electrons. The number of nitrogens with zero attached hydrogens (tertiary/aromatic N) is 1. The van der Waals surface area contributed by atoms with Crippen LogP contribution in [-0.4, -0.2) is 39.9 Å². The number of benzene rings is 3. The van der Waals surface area contributed by atoms with Gasteiger partial charge in [-0.25, -0.2) is 4.79 Å². The molecule has 0 saturated heterocycles. The van der Waals surface area contributed by atoms with Crippen molar-refractivity contribution < 1.29 is 44.1 Å². The van der Waals surface area contributed by atoms with Crippen molar-refractivity contribution in [1.82, 2.24) is 10.3 Å². The van der Waals surface area contributed by atoms with Crippen molar-refractivity contribution in [1.29, 1.82) is 0 Å². The van der Waals surface area contributed by atoms with Gasteiger partial charge in [0.1, 0.15) is 12.6 Å². The lowest BCUT2D eigenvalue weighted by molar-refractivity contribution is -0.0501. The van der Waals surface area contributed by atoms with E-state index in [1.807, 2.05) is 87.5 Å². The summed E-state index contributed by atoms with van der Waals surface area (Å²) in [6.07, 6.45) is -0.292. The average Bonchev–Trinajstić information content (AvgIpc) is 3.44. The molecule has 4 rings (SSSR count). The first kappa shape index (κ1) is 32.8. The zero-order valence-corrected chi connectivity index (χ0v) is 25.9. The third-order valence-electron chi connectivity index (χ3n) is 6.67. The number of aromatic nitrogens is 1. The monoisotopic (exact) mass is 648 g/mol. The fourth-order valence-electron chi connectivity index (χ4n) is 4.68. The van der Waals surface area contributed by atoms with Crippen LogP contribution in [0.5, 0.6) is 5.88 Å². The summed E-state index contributed by atoms with van der Waals surface area (Å²) in [7, 11) is -9.17. The molecule has 4 aromatic rings. The van der Waals surface area contributed by atoms with E-state index in [4.69, 9.17) is 13.6 Å². The van der Waals surface area contributed by atoms with Crippen LogP contribution >= 0.6 is 0 Å². The highest BCUT2D eigenvalue weighted by Crippen LogP contribution is 2.37. The maximum atomic E-state index is 12.9. The number of amides is 1. The van der Waals surface area contributed by atoms with Crippen LogP contribution in [0.3, 0.4) is 0 Å². The van der Waals surface area contributed by atoms with Gasteiger partial charge >= 0.3 is 21.7 Å². The fraction of sp³-hybridized carbons (Fsp3) is 0.267. The van der Waals surface area contributed by atoms with Crippen molar-refractivity contribution in [2.24, 2.45) is 0 Å². The first-order chi connectivity index (χ1) is 20.7. The van der Waals surface area contributed by atoms with E-state index in [2.05, 4.69) is 14.5 Å². The van der Waals surface area contributed by atoms with Crippen molar-refractivity contribution in [3.63, 3.8) is 0 Å². The number of halogens is 3. The van der Waals surface area contributed by atoms with E-state index in [0.29, 0.717) is 11.8 Å². The number of rotatable bonds is 11. The fourth-order valence-corrected chi connectivity index (χ4v) is 9.65. The van der Waals surface area contributed by atoms with Gasteiger partial charge in [0.2, 0.25) is 5.89 Å². The molecule has 0 aliphatic rings. The minimum Gasteiger partial charge on any atom is -0.445 e. The zero-order chi connectivity index (χ0) is 32.0. The lowest BCUT2D eigenvalue weighted by atomic mass is 10.2. The molecule has 3 aromatic carbocycles. The molecule has 1 aromatic heterocycles. The number of hydrogen-bond donors (Lipinski definition) is 1. The summed E-state index contributed by atoms with van der Waals surface area (Å²) in [6.45, 7) is 5.77. The maximum absolute atomic E-state index is 12.9. The Morgan fingerprint density at radius 2 is 1.43 bits per heavy atom. The van der Waals surface area contributed by atoms with Crippen LogP contribution in [0.15, 0.2) is 102 Å². The van der Waals surface area contributed by atoms with Gasteiger partial charge in [0.15, 0.2) is 6.26 Å². The molecule has 1 unspecified atom stereocenters. The van der Waals surface area contributed by atoms with Gasteiger partial charge in [-0.15, -0.1) is 0 Å².